The normalized spacial score (nSPS) is 14.2. The zero-order valence-corrected chi connectivity index (χ0v) is 9.48. The second-order valence-corrected chi connectivity index (χ2v) is 3.87. The summed E-state index contributed by atoms with van der Waals surface area (Å²) < 4.78 is 0. The summed E-state index contributed by atoms with van der Waals surface area (Å²) in [6.45, 7) is 2.68. The standard InChI is InChI=1S/C10H20N2O4/c1-7(6-11)2-3-9(14)12-5-4-8(13)10(15)16/h7-8,13H,2-6,11H2,1H3,(H,12,14)(H,15,16). The summed E-state index contributed by atoms with van der Waals surface area (Å²) >= 11 is 0. The molecule has 2 unspecified atom stereocenters. The number of nitrogens with one attached hydrogen (secondary N) is 1. The van der Waals surface area contributed by atoms with Crippen molar-refractivity contribution in [1.29, 1.82) is 0 Å². The van der Waals surface area contributed by atoms with E-state index in [1.54, 1.807) is 0 Å². The lowest BCUT2D eigenvalue weighted by Gasteiger charge is -2.09. The van der Waals surface area contributed by atoms with Crippen molar-refractivity contribution >= 4 is 11.9 Å². The van der Waals surface area contributed by atoms with Crippen LogP contribution in [0.5, 0.6) is 0 Å². The molecule has 0 bridgehead atoms. The fourth-order valence-electron chi connectivity index (χ4n) is 1.06. The number of carbonyl (C=O) groups is 2. The van der Waals surface area contributed by atoms with E-state index in [2.05, 4.69) is 5.32 Å². The summed E-state index contributed by atoms with van der Waals surface area (Å²) in [5.41, 5.74) is 5.40. The molecular weight excluding hydrogens is 212 g/mol. The van der Waals surface area contributed by atoms with E-state index in [1.165, 1.54) is 0 Å². The summed E-state index contributed by atoms with van der Waals surface area (Å²) in [6, 6.07) is 0. The van der Waals surface area contributed by atoms with Gasteiger partial charge in [0.25, 0.3) is 0 Å². The lowest BCUT2D eigenvalue weighted by atomic mass is 10.1. The van der Waals surface area contributed by atoms with Crippen molar-refractivity contribution in [2.75, 3.05) is 13.1 Å². The molecule has 0 aliphatic carbocycles. The first-order chi connectivity index (χ1) is 7.47. The smallest absolute Gasteiger partial charge is 0.332 e. The predicted molar refractivity (Wildman–Crippen MR) is 58.7 cm³/mol. The lowest BCUT2D eigenvalue weighted by Crippen LogP contribution is -2.30. The Morgan fingerprint density at radius 3 is 2.50 bits per heavy atom. The molecule has 0 aromatic heterocycles. The van der Waals surface area contributed by atoms with Gasteiger partial charge in [0.1, 0.15) is 0 Å². The van der Waals surface area contributed by atoms with Crippen molar-refractivity contribution in [3.63, 3.8) is 0 Å². The molecule has 0 aromatic rings. The van der Waals surface area contributed by atoms with E-state index in [9.17, 15) is 9.59 Å². The highest BCUT2D eigenvalue weighted by Crippen LogP contribution is 2.02. The average Bonchev–Trinajstić information content (AvgIpc) is 2.25. The summed E-state index contributed by atoms with van der Waals surface area (Å²) in [5.74, 6) is -1.11. The Bertz CT molecular complexity index is 233. The largest absolute Gasteiger partial charge is 0.479 e. The SMILES string of the molecule is CC(CN)CCC(=O)NCCC(O)C(=O)O. The maximum atomic E-state index is 11.2. The maximum absolute atomic E-state index is 11.2. The van der Waals surface area contributed by atoms with Crippen LogP contribution in [-0.2, 0) is 9.59 Å². The molecule has 0 saturated heterocycles. The third-order valence-electron chi connectivity index (χ3n) is 2.29. The Morgan fingerprint density at radius 1 is 1.38 bits per heavy atom. The molecular formula is C10H20N2O4. The van der Waals surface area contributed by atoms with Gasteiger partial charge < -0.3 is 21.3 Å². The highest BCUT2D eigenvalue weighted by molar-refractivity contribution is 5.76. The zero-order chi connectivity index (χ0) is 12.6. The second kappa shape index (κ2) is 8.06. The van der Waals surface area contributed by atoms with Crippen molar-refractivity contribution in [3.05, 3.63) is 0 Å². The van der Waals surface area contributed by atoms with E-state index in [0.717, 1.165) is 0 Å². The lowest BCUT2D eigenvalue weighted by molar-refractivity contribution is -0.147. The van der Waals surface area contributed by atoms with Crippen molar-refractivity contribution < 1.29 is 19.8 Å². The first kappa shape index (κ1) is 14.9. The highest BCUT2D eigenvalue weighted by Gasteiger charge is 2.12. The molecule has 5 N–H and O–H groups in total. The molecule has 0 heterocycles. The van der Waals surface area contributed by atoms with Gasteiger partial charge in [-0.2, -0.15) is 0 Å². The molecule has 94 valence electrons. The van der Waals surface area contributed by atoms with Gasteiger partial charge in [0.2, 0.25) is 5.91 Å². The summed E-state index contributed by atoms with van der Waals surface area (Å²) in [6.07, 6.45) is -0.304. The maximum Gasteiger partial charge on any atom is 0.332 e. The third kappa shape index (κ3) is 7.19. The van der Waals surface area contributed by atoms with Crippen LogP contribution in [0.4, 0.5) is 0 Å². The minimum atomic E-state index is -1.41. The molecule has 6 heteroatoms. The predicted octanol–water partition coefficient (Wildman–Crippen LogP) is -0.687. The molecule has 0 aliphatic rings. The molecule has 2 atom stereocenters. The number of carbonyl (C=O) groups excluding carboxylic acids is 1. The molecule has 0 aromatic carbocycles. The van der Waals surface area contributed by atoms with Crippen molar-refractivity contribution in [3.8, 4) is 0 Å². The molecule has 1 amide bonds. The van der Waals surface area contributed by atoms with Gasteiger partial charge in [0, 0.05) is 19.4 Å². The van der Waals surface area contributed by atoms with Gasteiger partial charge in [-0.25, -0.2) is 4.79 Å². The minimum Gasteiger partial charge on any atom is -0.479 e. The number of aliphatic hydroxyl groups is 1. The van der Waals surface area contributed by atoms with Gasteiger partial charge in [0.05, 0.1) is 0 Å². The number of hydrogen-bond donors (Lipinski definition) is 4. The van der Waals surface area contributed by atoms with Crippen LogP contribution in [-0.4, -0.2) is 41.3 Å². The fourth-order valence-corrected chi connectivity index (χ4v) is 1.06. The Morgan fingerprint density at radius 2 is 2.00 bits per heavy atom. The van der Waals surface area contributed by atoms with E-state index in [1.807, 2.05) is 6.92 Å². The minimum absolute atomic E-state index is 0.0213. The fraction of sp³-hybridized carbons (Fsp3) is 0.800. The zero-order valence-electron chi connectivity index (χ0n) is 9.48. The van der Waals surface area contributed by atoms with Gasteiger partial charge in [-0.1, -0.05) is 6.92 Å². The molecule has 0 saturated carbocycles. The van der Waals surface area contributed by atoms with Crippen LogP contribution < -0.4 is 11.1 Å². The Hall–Kier alpha value is -1.14. The van der Waals surface area contributed by atoms with Crippen LogP contribution in [0.15, 0.2) is 0 Å². The van der Waals surface area contributed by atoms with Crippen LogP contribution in [0.1, 0.15) is 26.2 Å². The van der Waals surface area contributed by atoms with Gasteiger partial charge in [-0.05, 0) is 18.9 Å². The van der Waals surface area contributed by atoms with Gasteiger partial charge in [-0.3, -0.25) is 4.79 Å². The van der Waals surface area contributed by atoms with Gasteiger partial charge in [0.15, 0.2) is 6.10 Å². The highest BCUT2D eigenvalue weighted by atomic mass is 16.4. The number of rotatable bonds is 8. The molecule has 0 spiro atoms. The summed E-state index contributed by atoms with van der Waals surface area (Å²) in [4.78, 5) is 21.5. The summed E-state index contributed by atoms with van der Waals surface area (Å²) in [7, 11) is 0. The topological polar surface area (TPSA) is 113 Å². The van der Waals surface area contributed by atoms with E-state index >= 15 is 0 Å². The van der Waals surface area contributed by atoms with E-state index in [4.69, 9.17) is 15.9 Å². The van der Waals surface area contributed by atoms with Crippen molar-refractivity contribution in [2.45, 2.75) is 32.3 Å². The number of nitrogens with two attached hydrogens (primary N) is 1. The third-order valence-corrected chi connectivity index (χ3v) is 2.29. The Kier molecular flexibility index (Phi) is 7.49. The number of aliphatic hydroxyl groups excluding tert-OH is 1. The monoisotopic (exact) mass is 232 g/mol. The van der Waals surface area contributed by atoms with E-state index in [0.29, 0.717) is 25.3 Å². The average molecular weight is 232 g/mol. The number of carboxylic acids is 1. The molecule has 16 heavy (non-hydrogen) atoms. The molecule has 0 aliphatic heterocycles. The number of amides is 1. The van der Waals surface area contributed by atoms with Crippen LogP contribution in [0.2, 0.25) is 0 Å². The number of carboxylic acid groups (broad SMARTS) is 1. The quantitative estimate of drug-likeness (QED) is 0.442. The first-order valence-corrected chi connectivity index (χ1v) is 5.35. The Labute approximate surface area is 94.8 Å². The van der Waals surface area contributed by atoms with Crippen LogP contribution in [0.3, 0.4) is 0 Å². The number of hydrogen-bond acceptors (Lipinski definition) is 4. The van der Waals surface area contributed by atoms with Gasteiger partial charge in [-0.15, -0.1) is 0 Å². The van der Waals surface area contributed by atoms with Crippen molar-refractivity contribution in [2.24, 2.45) is 11.7 Å². The number of aliphatic carboxylic acids is 1. The van der Waals surface area contributed by atoms with E-state index in [-0.39, 0.29) is 18.9 Å². The first-order valence-electron chi connectivity index (χ1n) is 5.35. The van der Waals surface area contributed by atoms with Crippen LogP contribution in [0, 0.1) is 5.92 Å². The second-order valence-electron chi connectivity index (χ2n) is 3.87. The van der Waals surface area contributed by atoms with Crippen LogP contribution >= 0.6 is 0 Å². The van der Waals surface area contributed by atoms with Crippen molar-refractivity contribution in [1.82, 2.24) is 5.32 Å². The van der Waals surface area contributed by atoms with Crippen LogP contribution in [0.25, 0.3) is 0 Å². The summed E-state index contributed by atoms with van der Waals surface area (Å²) in [5, 5.41) is 19.9. The van der Waals surface area contributed by atoms with E-state index < -0.39 is 12.1 Å². The molecule has 0 rings (SSSR count). The molecule has 0 fully saturated rings. The molecule has 6 nitrogen and oxygen atoms in total. The van der Waals surface area contributed by atoms with Gasteiger partial charge >= 0.3 is 5.97 Å². The Balaban J connectivity index is 3.55. The molecule has 0 radical (unpaired) electrons.